The van der Waals surface area contributed by atoms with E-state index in [4.69, 9.17) is 4.52 Å². The molecule has 1 radical (unpaired) electrons. The number of nitrogens with zero attached hydrogens (tertiary/aromatic N) is 1. The Morgan fingerprint density at radius 3 is 2.06 bits per heavy atom. The van der Waals surface area contributed by atoms with E-state index in [0.717, 1.165) is 11.3 Å². The zero-order chi connectivity index (χ0) is 11.5. The lowest BCUT2D eigenvalue weighted by molar-refractivity contribution is 0.431. The van der Waals surface area contributed by atoms with Gasteiger partial charge in [-0.15, -0.1) is 0 Å². The summed E-state index contributed by atoms with van der Waals surface area (Å²) in [6.45, 7) is 0. The van der Waals surface area contributed by atoms with Crippen molar-refractivity contribution in [2.24, 2.45) is 0 Å². The molecule has 0 spiro atoms. The first-order valence-corrected chi connectivity index (χ1v) is 5.42. The fourth-order valence-corrected chi connectivity index (χ4v) is 1.78. The molecule has 3 aromatic rings. The molecule has 3 rings (SSSR count). The molecule has 1 heterocycles. The van der Waals surface area contributed by atoms with Gasteiger partial charge in [0.1, 0.15) is 6.20 Å². The van der Waals surface area contributed by atoms with Crippen LogP contribution in [0.25, 0.3) is 22.5 Å². The Morgan fingerprint density at radius 1 is 0.765 bits per heavy atom. The number of hydrogen-bond acceptors (Lipinski definition) is 2. The Labute approximate surface area is 99.5 Å². The van der Waals surface area contributed by atoms with Crippen molar-refractivity contribution in [1.82, 2.24) is 5.16 Å². The summed E-state index contributed by atoms with van der Waals surface area (Å²) in [6, 6.07) is 20.2. The monoisotopic (exact) mass is 220 g/mol. The molecule has 0 N–H and O–H groups in total. The van der Waals surface area contributed by atoms with Gasteiger partial charge in [0.05, 0.1) is 0 Å². The van der Waals surface area contributed by atoms with Crippen molar-refractivity contribution in [3.05, 3.63) is 66.9 Å². The first-order chi connectivity index (χ1) is 8.43. The third kappa shape index (κ3) is 1.97. The molecule has 1 aromatic heterocycles. The van der Waals surface area contributed by atoms with Crippen molar-refractivity contribution in [2.75, 3.05) is 0 Å². The summed E-state index contributed by atoms with van der Waals surface area (Å²) < 4.78 is 5.06. The molecule has 0 bridgehead atoms. The van der Waals surface area contributed by atoms with E-state index in [2.05, 4.69) is 35.6 Å². The summed E-state index contributed by atoms with van der Waals surface area (Å²) in [5.41, 5.74) is 3.42. The molecule has 81 valence electrons. The average Bonchev–Trinajstić information content (AvgIpc) is 2.94. The maximum Gasteiger partial charge on any atom is 0.167 e. The number of hydrogen-bond donors (Lipinski definition) is 0. The summed E-state index contributed by atoms with van der Waals surface area (Å²) >= 11 is 0. The van der Waals surface area contributed by atoms with Gasteiger partial charge in [-0.05, 0) is 11.1 Å². The van der Waals surface area contributed by atoms with Crippen LogP contribution in [0.3, 0.4) is 0 Å². The van der Waals surface area contributed by atoms with Crippen LogP contribution < -0.4 is 0 Å². The summed E-state index contributed by atoms with van der Waals surface area (Å²) in [5.74, 6) is 0.740. The van der Waals surface area contributed by atoms with Gasteiger partial charge in [0.25, 0.3) is 0 Å². The summed E-state index contributed by atoms with van der Waals surface area (Å²) in [7, 11) is 0. The lowest BCUT2D eigenvalue weighted by Gasteiger charge is -2.02. The van der Waals surface area contributed by atoms with E-state index in [1.54, 1.807) is 6.07 Å². The van der Waals surface area contributed by atoms with Crippen LogP contribution in [0.5, 0.6) is 0 Å². The molecule has 0 aliphatic rings. The fraction of sp³-hybridized carbons (Fsp3) is 0. The zero-order valence-electron chi connectivity index (χ0n) is 9.13. The second-order valence-electron chi connectivity index (χ2n) is 3.76. The number of aromatic nitrogens is 1. The minimum Gasteiger partial charge on any atom is -0.356 e. The molecule has 0 aliphatic heterocycles. The van der Waals surface area contributed by atoms with Crippen LogP contribution in [-0.2, 0) is 0 Å². The second kappa shape index (κ2) is 4.26. The van der Waals surface area contributed by atoms with Gasteiger partial charge < -0.3 is 4.52 Å². The summed E-state index contributed by atoms with van der Waals surface area (Å²) in [4.78, 5) is 0. The molecule has 0 saturated carbocycles. The Kier molecular flexibility index (Phi) is 2.47. The van der Waals surface area contributed by atoms with Crippen LogP contribution in [0.15, 0.2) is 65.2 Å². The molecule has 2 aromatic carbocycles. The molecule has 0 atom stereocenters. The first-order valence-electron chi connectivity index (χ1n) is 5.42. The lowest BCUT2D eigenvalue weighted by Crippen LogP contribution is -1.78. The largest absolute Gasteiger partial charge is 0.356 e. The average molecular weight is 220 g/mol. The molecule has 0 saturated heterocycles. The predicted octanol–water partition coefficient (Wildman–Crippen LogP) is 3.81. The Morgan fingerprint density at radius 2 is 1.41 bits per heavy atom. The highest BCUT2D eigenvalue weighted by atomic mass is 16.5. The Balaban J connectivity index is 1.96. The summed E-state index contributed by atoms with van der Waals surface area (Å²) in [5, 5.41) is 3.58. The fourth-order valence-electron chi connectivity index (χ4n) is 1.78. The van der Waals surface area contributed by atoms with E-state index in [9.17, 15) is 0 Å². The smallest absolute Gasteiger partial charge is 0.167 e. The molecule has 0 unspecified atom stereocenters. The van der Waals surface area contributed by atoms with Crippen LogP contribution in [-0.4, -0.2) is 5.16 Å². The predicted molar refractivity (Wildman–Crippen MR) is 66.2 cm³/mol. The maximum atomic E-state index is 5.06. The van der Waals surface area contributed by atoms with E-state index in [1.807, 2.05) is 30.3 Å². The molecule has 2 nitrogen and oxygen atoms in total. The van der Waals surface area contributed by atoms with E-state index in [-0.39, 0.29) is 0 Å². The van der Waals surface area contributed by atoms with Crippen LogP contribution >= 0.6 is 0 Å². The Bertz CT molecular complexity index is 583. The maximum absolute atomic E-state index is 5.06. The minimum atomic E-state index is 0.740. The second-order valence-corrected chi connectivity index (χ2v) is 3.76. The van der Waals surface area contributed by atoms with Crippen molar-refractivity contribution < 1.29 is 4.52 Å². The molecule has 17 heavy (non-hydrogen) atoms. The molecular formula is C15H10NO. The van der Waals surface area contributed by atoms with Gasteiger partial charge in [0.2, 0.25) is 0 Å². The van der Waals surface area contributed by atoms with Crippen molar-refractivity contribution in [2.45, 2.75) is 0 Å². The quantitative estimate of drug-likeness (QED) is 0.656. The molecular weight excluding hydrogens is 210 g/mol. The highest BCUT2D eigenvalue weighted by Crippen LogP contribution is 2.24. The minimum absolute atomic E-state index is 0.740. The van der Waals surface area contributed by atoms with Crippen LogP contribution in [0.2, 0.25) is 0 Å². The standard InChI is InChI=1S/C15H10NO/c1-2-4-12(5-3-1)13-6-8-14(9-7-13)15-10-11-16-17-15/h1-10H. The van der Waals surface area contributed by atoms with Crippen molar-refractivity contribution >= 4 is 0 Å². The van der Waals surface area contributed by atoms with Crippen molar-refractivity contribution in [1.29, 1.82) is 0 Å². The highest BCUT2D eigenvalue weighted by molar-refractivity contribution is 5.67. The SMILES string of the molecule is [c]1cc(-c2ccc(-c3ccccc3)cc2)on1. The first kappa shape index (κ1) is 9.85. The lowest BCUT2D eigenvalue weighted by atomic mass is 10.0. The van der Waals surface area contributed by atoms with Crippen LogP contribution in [0.1, 0.15) is 0 Å². The van der Waals surface area contributed by atoms with Gasteiger partial charge in [0, 0.05) is 11.6 Å². The zero-order valence-corrected chi connectivity index (χ0v) is 9.13. The molecule has 0 aliphatic carbocycles. The molecule has 2 heteroatoms. The van der Waals surface area contributed by atoms with E-state index >= 15 is 0 Å². The molecule has 0 fully saturated rings. The van der Waals surface area contributed by atoms with E-state index in [1.165, 1.54) is 11.1 Å². The summed E-state index contributed by atoms with van der Waals surface area (Å²) in [6.07, 6.45) is 2.66. The number of benzene rings is 2. The van der Waals surface area contributed by atoms with Crippen LogP contribution in [0.4, 0.5) is 0 Å². The van der Waals surface area contributed by atoms with Gasteiger partial charge in [-0.25, -0.2) is 0 Å². The Hall–Kier alpha value is -2.35. The highest BCUT2D eigenvalue weighted by Gasteiger charge is 2.02. The van der Waals surface area contributed by atoms with Gasteiger partial charge in [-0.3, -0.25) is 0 Å². The van der Waals surface area contributed by atoms with Gasteiger partial charge in [-0.2, -0.15) is 0 Å². The van der Waals surface area contributed by atoms with Gasteiger partial charge in [0.15, 0.2) is 5.76 Å². The van der Waals surface area contributed by atoms with Crippen LogP contribution in [0, 0.1) is 6.20 Å². The third-order valence-corrected chi connectivity index (χ3v) is 2.67. The van der Waals surface area contributed by atoms with Crippen molar-refractivity contribution in [3.8, 4) is 22.5 Å². The molecule has 0 amide bonds. The topological polar surface area (TPSA) is 26.0 Å². The van der Waals surface area contributed by atoms with E-state index < -0.39 is 0 Å². The number of rotatable bonds is 2. The normalized spacial score (nSPS) is 10.4. The van der Waals surface area contributed by atoms with Gasteiger partial charge in [-0.1, -0.05) is 59.8 Å². The van der Waals surface area contributed by atoms with E-state index in [0.29, 0.717) is 0 Å². The third-order valence-electron chi connectivity index (χ3n) is 2.67. The van der Waals surface area contributed by atoms with Gasteiger partial charge >= 0.3 is 0 Å². The van der Waals surface area contributed by atoms with Crippen molar-refractivity contribution in [3.63, 3.8) is 0 Å².